The van der Waals surface area contributed by atoms with E-state index in [1.807, 2.05) is 4.90 Å². The average Bonchev–Trinajstić information content (AvgIpc) is 3.01. The molecule has 0 spiro atoms. The number of rotatable bonds is 5. The van der Waals surface area contributed by atoms with Crippen molar-refractivity contribution < 1.29 is 4.79 Å². The molecule has 2 aliphatic rings. The predicted molar refractivity (Wildman–Crippen MR) is 96.1 cm³/mol. The summed E-state index contributed by atoms with van der Waals surface area (Å²) in [5.74, 6) is 0.326. The van der Waals surface area contributed by atoms with Crippen LogP contribution in [-0.2, 0) is 11.2 Å². The maximum atomic E-state index is 12.3. The summed E-state index contributed by atoms with van der Waals surface area (Å²) in [7, 11) is 0. The van der Waals surface area contributed by atoms with Crippen LogP contribution in [0.5, 0.6) is 0 Å². The molecule has 2 aliphatic heterocycles. The van der Waals surface area contributed by atoms with E-state index in [1.54, 1.807) is 0 Å². The molecule has 128 valence electrons. The molecule has 2 heterocycles. The van der Waals surface area contributed by atoms with Gasteiger partial charge in [0.15, 0.2) is 0 Å². The summed E-state index contributed by atoms with van der Waals surface area (Å²) in [5.41, 5.74) is 1.41. The van der Waals surface area contributed by atoms with Crippen LogP contribution in [0.4, 0.5) is 0 Å². The van der Waals surface area contributed by atoms with Gasteiger partial charge in [-0.3, -0.25) is 9.69 Å². The van der Waals surface area contributed by atoms with Gasteiger partial charge in [-0.25, -0.2) is 0 Å². The van der Waals surface area contributed by atoms with E-state index in [0.29, 0.717) is 18.4 Å². The molecule has 1 aromatic rings. The second-order valence-corrected chi connectivity index (χ2v) is 6.40. The van der Waals surface area contributed by atoms with Crippen LogP contribution in [0.15, 0.2) is 30.3 Å². The van der Waals surface area contributed by atoms with E-state index in [2.05, 4.69) is 40.5 Å². The molecule has 23 heavy (non-hydrogen) atoms. The summed E-state index contributed by atoms with van der Waals surface area (Å²) >= 11 is 0. The zero-order valence-corrected chi connectivity index (χ0v) is 14.6. The second kappa shape index (κ2) is 9.26. The molecule has 0 aliphatic carbocycles. The Morgan fingerprint density at radius 1 is 1.13 bits per heavy atom. The number of benzene rings is 1. The third-order valence-electron chi connectivity index (χ3n) is 4.90. The van der Waals surface area contributed by atoms with E-state index < -0.39 is 0 Å². The number of carbonyl (C=O) groups excluding carboxylic acids is 1. The van der Waals surface area contributed by atoms with Gasteiger partial charge in [0.05, 0.1) is 0 Å². The molecular formula is C18H28ClN3O. The Morgan fingerprint density at radius 2 is 1.87 bits per heavy atom. The first-order valence-electron chi connectivity index (χ1n) is 8.59. The van der Waals surface area contributed by atoms with Gasteiger partial charge in [-0.2, -0.15) is 0 Å². The fourth-order valence-corrected chi connectivity index (χ4v) is 3.62. The highest BCUT2D eigenvalue weighted by Gasteiger charge is 2.25. The van der Waals surface area contributed by atoms with Gasteiger partial charge in [0.25, 0.3) is 0 Å². The molecular weight excluding hydrogens is 310 g/mol. The SMILES string of the molecule is Cl.O=C(CCN1CCCC1Cc1ccccc1)N1CCNCC1. The minimum atomic E-state index is 0. The maximum absolute atomic E-state index is 12.3. The third-order valence-corrected chi connectivity index (χ3v) is 4.90. The Labute approximate surface area is 145 Å². The van der Waals surface area contributed by atoms with E-state index >= 15 is 0 Å². The number of amides is 1. The monoisotopic (exact) mass is 337 g/mol. The summed E-state index contributed by atoms with van der Waals surface area (Å²) in [5, 5.41) is 3.30. The van der Waals surface area contributed by atoms with Crippen molar-refractivity contribution in [3.63, 3.8) is 0 Å². The average molecular weight is 338 g/mol. The normalized spacial score (nSPS) is 21.9. The molecule has 1 atom stereocenters. The molecule has 2 saturated heterocycles. The van der Waals surface area contributed by atoms with Gasteiger partial charge in [0.2, 0.25) is 5.91 Å². The largest absolute Gasteiger partial charge is 0.340 e. The number of halogens is 1. The van der Waals surface area contributed by atoms with Gasteiger partial charge in [0.1, 0.15) is 0 Å². The van der Waals surface area contributed by atoms with Crippen LogP contribution in [0, 0.1) is 0 Å². The van der Waals surface area contributed by atoms with Gasteiger partial charge >= 0.3 is 0 Å². The number of hydrogen-bond acceptors (Lipinski definition) is 3. The Bertz CT molecular complexity index is 476. The van der Waals surface area contributed by atoms with E-state index in [9.17, 15) is 4.79 Å². The lowest BCUT2D eigenvalue weighted by Crippen LogP contribution is -2.47. The summed E-state index contributed by atoms with van der Waals surface area (Å²) in [4.78, 5) is 16.8. The lowest BCUT2D eigenvalue weighted by molar-refractivity contribution is -0.132. The highest BCUT2D eigenvalue weighted by Crippen LogP contribution is 2.21. The number of carbonyl (C=O) groups is 1. The fraction of sp³-hybridized carbons (Fsp3) is 0.611. The standard InChI is InChI=1S/C18H27N3O.ClH/c22-18(21-13-9-19-10-14-21)8-12-20-11-4-7-17(20)15-16-5-2-1-3-6-16;/h1-3,5-6,17,19H,4,7-15H2;1H. The smallest absolute Gasteiger partial charge is 0.223 e. The predicted octanol–water partition coefficient (Wildman–Crippen LogP) is 1.94. The molecule has 3 rings (SSSR count). The van der Waals surface area contributed by atoms with E-state index in [0.717, 1.165) is 45.7 Å². The summed E-state index contributed by atoms with van der Waals surface area (Å²) < 4.78 is 0. The Morgan fingerprint density at radius 3 is 2.61 bits per heavy atom. The summed E-state index contributed by atoms with van der Waals surface area (Å²) in [6.07, 6.45) is 4.31. The molecule has 0 saturated carbocycles. The van der Waals surface area contributed by atoms with Crippen molar-refractivity contribution in [2.75, 3.05) is 39.3 Å². The van der Waals surface area contributed by atoms with E-state index in [-0.39, 0.29) is 12.4 Å². The zero-order valence-electron chi connectivity index (χ0n) is 13.7. The first-order chi connectivity index (χ1) is 10.8. The number of hydrogen-bond donors (Lipinski definition) is 1. The molecule has 0 radical (unpaired) electrons. The van der Waals surface area contributed by atoms with E-state index in [1.165, 1.54) is 18.4 Å². The van der Waals surface area contributed by atoms with Crippen molar-refractivity contribution in [3.05, 3.63) is 35.9 Å². The van der Waals surface area contributed by atoms with Crippen LogP contribution in [0.3, 0.4) is 0 Å². The van der Waals surface area contributed by atoms with Crippen LogP contribution in [-0.4, -0.2) is 61.0 Å². The van der Waals surface area contributed by atoms with Gasteiger partial charge in [0, 0.05) is 45.2 Å². The van der Waals surface area contributed by atoms with Crippen molar-refractivity contribution in [2.45, 2.75) is 31.7 Å². The van der Waals surface area contributed by atoms with Crippen molar-refractivity contribution >= 4 is 18.3 Å². The molecule has 1 unspecified atom stereocenters. The fourth-order valence-electron chi connectivity index (χ4n) is 3.62. The van der Waals surface area contributed by atoms with Crippen LogP contribution < -0.4 is 5.32 Å². The second-order valence-electron chi connectivity index (χ2n) is 6.40. The van der Waals surface area contributed by atoms with Gasteiger partial charge in [-0.1, -0.05) is 30.3 Å². The first-order valence-corrected chi connectivity index (χ1v) is 8.59. The van der Waals surface area contributed by atoms with Crippen LogP contribution in [0.1, 0.15) is 24.8 Å². The van der Waals surface area contributed by atoms with Gasteiger partial charge < -0.3 is 10.2 Å². The Kier molecular flexibility index (Phi) is 7.34. The van der Waals surface area contributed by atoms with Gasteiger partial charge in [-0.15, -0.1) is 12.4 Å². The van der Waals surface area contributed by atoms with Gasteiger partial charge in [-0.05, 0) is 31.4 Å². The Balaban J connectivity index is 0.00000192. The minimum absolute atomic E-state index is 0. The van der Waals surface area contributed by atoms with Crippen LogP contribution >= 0.6 is 12.4 Å². The van der Waals surface area contributed by atoms with Crippen molar-refractivity contribution in [1.29, 1.82) is 0 Å². The topological polar surface area (TPSA) is 35.6 Å². The molecule has 4 nitrogen and oxygen atoms in total. The van der Waals surface area contributed by atoms with Crippen molar-refractivity contribution in [1.82, 2.24) is 15.1 Å². The number of likely N-dealkylation sites (tertiary alicyclic amines) is 1. The Hall–Kier alpha value is -1.10. The quantitative estimate of drug-likeness (QED) is 0.892. The maximum Gasteiger partial charge on any atom is 0.223 e. The first kappa shape index (κ1) is 18.2. The molecule has 1 N–H and O–H groups in total. The van der Waals surface area contributed by atoms with Crippen molar-refractivity contribution in [2.24, 2.45) is 0 Å². The number of piperazine rings is 1. The molecule has 1 aromatic carbocycles. The molecule has 5 heteroatoms. The summed E-state index contributed by atoms with van der Waals surface area (Å²) in [6, 6.07) is 11.3. The van der Waals surface area contributed by atoms with Crippen LogP contribution in [0.25, 0.3) is 0 Å². The highest BCUT2D eigenvalue weighted by atomic mass is 35.5. The lowest BCUT2D eigenvalue weighted by Gasteiger charge is -2.29. The zero-order chi connectivity index (χ0) is 15.2. The minimum Gasteiger partial charge on any atom is -0.340 e. The van der Waals surface area contributed by atoms with E-state index in [4.69, 9.17) is 0 Å². The molecule has 0 bridgehead atoms. The van der Waals surface area contributed by atoms with Crippen LogP contribution in [0.2, 0.25) is 0 Å². The summed E-state index contributed by atoms with van der Waals surface area (Å²) in [6.45, 7) is 5.67. The molecule has 2 fully saturated rings. The van der Waals surface area contributed by atoms with Crippen molar-refractivity contribution in [3.8, 4) is 0 Å². The highest BCUT2D eigenvalue weighted by molar-refractivity contribution is 5.85. The number of nitrogens with zero attached hydrogens (tertiary/aromatic N) is 2. The molecule has 1 amide bonds. The lowest BCUT2D eigenvalue weighted by atomic mass is 10.0. The molecule has 0 aromatic heterocycles. The number of nitrogens with one attached hydrogen (secondary N) is 1. The third kappa shape index (κ3) is 5.20.